The molecule has 0 bridgehead atoms. The summed E-state index contributed by atoms with van der Waals surface area (Å²) in [4.78, 5) is 21.7. The molecule has 0 atom stereocenters. The number of allylic oxidation sites excluding steroid dienone is 2. The van der Waals surface area contributed by atoms with E-state index in [2.05, 4.69) is 0 Å². The third-order valence-corrected chi connectivity index (χ3v) is 2.97. The van der Waals surface area contributed by atoms with Gasteiger partial charge in [-0.3, -0.25) is 9.59 Å². The number of carbonyl (C=O) groups excluding carboxylic acids is 2. The molecule has 2 rings (SSSR count). The number of carbonyl (C=O) groups is 2. The zero-order chi connectivity index (χ0) is 17.4. The van der Waals surface area contributed by atoms with Crippen molar-refractivity contribution in [2.45, 2.75) is 13.8 Å². The van der Waals surface area contributed by atoms with Gasteiger partial charge in [-0.05, 0) is 35.4 Å². The van der Waals surface area contributed by atoms with Crippen molar-refractivity contribution in [2.24, 2.45) is 0 Å². The fourth-order valence-electron chi connectivity index (χ4n) is 1.96. The van der Waals surface area contributed by atoms with Crippen molar-refractivity contribution in [1.82, 2.24) is 0 Å². The summed E-state index contributed by atoms with van der Waals surface area (Å²) in [5.41, 5.74) is 2.00. The van der Waals surface area contributed by atoms with E-state index in [1.165, 1.54) is 13.8 Å². The molecule has 2 aromatic rings. The minimum atomic E-state index is -0.332. The first-order chi connectivity index (χ1) is 11.5. The van der Waals surface area contributed by atoms with Crippen molar-refractivity contribution in [2.75, 3.05) is 0 Å². The lowest BCUT2D eigenvalue weighted by Crippen LogP contribution is -2.00. The zero-order valence-electron chi connectivity index (χ0n) is 13.6. The van der Waals surface area contributed by atoms with Crippen LogP contribution in [-0.4, -0.2) is 11.9 Å². The molecule has 4 nitrogen and oxygen atoms in total. The summed E-state index contributed by atoms with van der Waals surface area (Å²) in [6.45, 7) is 2.74. The second-order valence-corrected chi connectivity index (χ2v) is 5.04. The second-order valence-electron chi connectivity index (χ2n) is 5.04. The van der Waals surface area contributed by atoms with Crippen LogP contribution < -0.4 is 9.47 Å². The van der Waals surface area contributed by atoms with Gasteiger partial charge in [0, 0.05) is 13.8 Å². The Balaban J connectivity index is 1.91. The van der Waals surface area contributed by atoms with E-state index in [9.17, 15) is 9.59 Å². The van der Waals surface area contributed by atoms with Crippen LogP contribution in [0.4, 0.5) is 0 Å². The lowest BCUT2D eigenvalue weighted by atomic mass is 10.2. The summed E-state index contributed by atoms with van der Waals surface area (Å²) in [5.74, 6) is 0.396. The molecular formula is C20H18O4. The van der Waals surface area contributed by atoms with Gasteiger partial charge in [-0.1, -0.05) is 48.6 Å². The summed E-state index contributed by atoms with van der Waals surface area (Å²) in [6, 6.07) is 14.5. The largest absolute Gasteiger partial charge is 0.427 e. The van der Waals surface area contributed by atoms with Crippen LogP contribution in [-0.2, 0) is 9.59 Å². The molecule has 0 aliphatic carbocycles. The van der Waals surface area contributed by atoms with Crippen LogP contribution in [0, 0.1) is 0 Å². The van der Waals surface area contributed by atoms with E-state index >= 15 is 0 Å². The molecule has 0 N–H and O–H groups in total. The van der Waals surface area contributed by atoms with Gasteiger partial charge in [0.05, 0.1) is 0 Å². The van der Waals surface area contributed by atoms with Gasteiger partial charge in [-0.2, -0.15) is 0 Å². The highest BCUT2D eigenvalue weighted by molar-refractivity contribution is 5.70. The minimum Gasteiger partial charge on any atom is -0.427 e. The van der Waals surface area contributed by atoms with Gasteiger partial charge < -0.3 is 9.47 Å². The Morgan fingerprint density at radius 3 is 1.29 bits per heavy atom. The standard InChI is InChI=1S/C20H18O4/c1-15(21)23-19-11-7-17(8-12-19)5-3-4-6-18-9-13-20(14-10-18)24-16(2)22/h3-14H,1-2H3/b5-3+,6-4+. The molecule has 0 aliphatic heterocycles. The first-order valence-electron chi connectivity index (χ1n) is 7.44. The van der Waals surface area contributed by atoms with E-state index in [4.69, 9.17) is 9.47 Å². The zero-order valence-corrected chi connectivity index (χ0v) is 13.6. The molecule has 24 heavy (non-hydrogen) atoms. The molecule has 0 aromatic heterocycles. The Bertz CT molecular complexity index is 686. The van der Waals surface area contributed by atoms with Crippen molar-refractivity contribution in [3.8, 4) is 11.5 Å². The Labute approximate surface area is 141 Å². The maximum Gasteiger partial charge on any atom is 0.308 e. The smallest absolute Gasteiger partial charge is 0.308 e. The Hall–Kier alpha value is -3.14. The molecule has 0 fully saturated rings. The summed E-state index contributed by atoms with van der Waals surface area (Å²) < 4.78 is 9.96. The van der Waals surface area contributed by atoms with Gasteiger partial charge in [0.15, 0.2) is 0 Å². The Kier molecular flexibility index (Phi) is 6.08. The van der Waals surface area contributed by atoms with Crippen LogP contribution in [0.5, 0.6) is 11.5 Å². The molecular weight excluding hydrogens is 304 g/mol. The number of esters is 2. The van der Waals surface area contributed by atoms with Crippen LogP contribution >= 0.6 is 0 Å². The van der Waals surface area contributed by atoms with Crippen LogP contribution in [0.2, 0.25) is 0 Å². The van der Waals surface area contributed by atoms with E-state index in [1.54, 1.807) is 24.3 Å². The minimum absolute atomic E-state index is 0.332. The fourth-order valence-corrected chi connectivity index (χ4v) is 1.96. The van der Waals surface area contributed by atoms with Gasteiger partial charge in [-0.25, -0.2) is 0 Å². The topological polar surface area (TPSA) is 52.6 Å². The molecule has 0 aliphatic rings. The van der Waals surface area contributed by atoms with Crippen molar-refractivity contribution in [3.63, 3.8) is 0 Å². The number of ether oxygens (including phenoxy) is 2. The van der Waals surface area contributed by atoms with Gasteiger partial charge >= 0.3 is 11.9 Å². The monoisotopic (exact) mass is 322 g/mol. The molecule has 0 saturated heterocycles. The van der Waals surface area contributed by atoms with Crippen molar-refractivity contribution >= 4 is 24.1 Å². The van der Waals surface area contributed by atoms with E-state index in [-0.39, 0.29) is 11.9 Å². The molecule has 0 unspecified atom stereocenters. The average molecular weight is 322 g/mol. The number of rotatable bonds is 5. The molecule has 4 heteroatoms. The highest BCUT2D eigenvalue weighted by Gasteiger charge is 1.97. The van der Waals surface area contributed by atoms with Crippen LogP contribution in [0.15, 0.2) is 60.7 Å². The lowest BCUT2D eigenvalue weighted by molar-refractivity contribution is -0.132. The summed E-state index contributed by atoms with van der Waals surface area (Å²) in [7, 11) is 0. The molecule has 2 aromatic carbocycles. The first-order valence-corrected chi connectivity index (χ1v) is 7.44. The van der Waals surface area contributed by atoms with Gasteiger partial charge in [0.25, 0.3) is 0 Å². The second kappa shape index (κ2) is 8.48. The van der Waals surface area contributed by atoms with Crippen molar-refractivity contribution in [1.29, 1.82) is 0 Å². The molecule has 0 radical (unpaired) electrons. The predicted octanol–water partition coefficient (Wildman–Crippen LogP) is 4.26. The van der Waals surface area contributed by atoms with Crippen molar-refractivity contribution in [3.05, 3.63) is 71.8 Å². The SMILES string of the molecule is CC(=O)Oc1ccc(/C=C/C=C/c2ccc(OC(C)=O)cc2)cc1. The third kappa shape index (κ3) is 5.93. The lowest BCUT2D eigenvalue weighted by Gasteiger charge is -2.01. The van der Waals surface area contributed by atoms with E-state index in [1.807, 2.05) is 48.6 Å². The van der Waals surface area contributed by atoms with Crippen LogP contribution in [0.1, 0.15) is 25.0 Å². The highest BCUT2D eigenvalue weighted by Crippen LogP contribution is 2.15. The molecule has 0 saturated carbocycles. The normalized spacial score (nSPS) is 10.9. The Morgan fingerprint density at radius 1 is 0.667 bits per heavy atom. The predicted molar refractivity (Wildman–Crippen MR) is 93.6 cm³/mol. The molecule has 122 valence electrons. The van der Waals surface area contributed by atoms with Gasteiger partial charge in [-0.15, -0.1) is 0 Å². The fraction of sp³-hybridized carbons (Fsp3) is 0.100. The van der Waals surface area contributed by atoms with Gasteiger partial charge in [0.2, 0.25) is 0 Å². The highest BCUT2D eigenvalue weighted by atomic mass is 16.5. The summed E-state index contributed by atoms with van der Waals surface area (Å²) in [5, 5.41) is 0. The van der Waals surface area contributed by atoms with E-state index < -0.39 is 0 Å². The quantitative estimate of drug-likeness (QED) is 0.469. The molecule has 0 heterocycles. The first kappa shape index (κ1) is 17.2. The van der Waals surface area contributed by atoms with E-state index in [0.717, 1.165) is 11.1 Å². The van der Waals surface area contributed by atoms with E-state index in [0.29, 0.717) is 11.5 Å². The van der Waals surface area contributed by atoms with Crippen LogP contribution in [0.3, 0.4) is 0 Å². The summed E-state index contributed by atoms with van der Waals surface area (Å²) in [6.07, 6.45) is 7.73. The summed E-state index contributed by atoms with van der Waals surface area (Å²) >= 11 is 0. The third-order valence-electron chi connectivity index (χ3n) is 2.97. The van der Waals surface area contributed by atoms with Gasteiger partial charge in [0.1, 0.15) is 11.5 Å². The Morgan fingerprint density at radius 2 is 1.00 bits per heavy atom. The number of hydrogen-bond donors (Lipinski definition) is 0. The maximum atomic E-state index is 10.8. The number of benzene rings is 2. The molecule has 0 spiro atoms. The number of hydrogen-bond acceptors (Lipinski definition) is 4. The average Bonchev–Trinajstić information content (AvgIpc) is 2.53. The molecule has 0 amide bonds. The maximum absolute atomic E-state index is 10.8. The van der Waals surface area contributed by atoms with Crippen LogP contribution in [0.25, 0.3) is 12.2 Å². The van der Waals surface area contributed by atoms with Crippen molar-refractivity contribution < 1.29 is 19.1 Å².